The fourth-order valence-electron chi connectivity index (χ4n) is 1.62. The second kappa shape index (κ2) is 4.17. The molecule has 1 aliphatic carbocycles. The van der Waals surface area contributed by atoms with E-state index >= 15 is 0 Å². The Morgan fingerprint density at radius 1 is 1.50 bits per heavy atom. The first-order chi connectivity index (χ1) is 6.84. The van der Waals surface area contributed by atoms with Crippen molar-refractivity contribution in [2.45, 2.75) is 38.2 Å². The predicted molar refractivity (Wildman–Crippen MR) is 46.2 cm³/mol. The molecule has 1 heterocycles. The van der Waals surface area contributed by atoms with Crippen molar-refractivity contribution in [3.05, 3.63) is 5.82 Å². The van der Waals surface area contributed by atoms with Crippen molar-refractivity contribution in [3.63, 3.8) is 0 Å². The van der Waals surface area contributed by atoms with Gasteiger partial charge in [0.05, 0.1) is 0 Å². The summed E-state index contributed by atoms with van der Waals surface area (Å²) in [6, 6.07) is 0. The number of tetrazole rings is 1. The minimum atomic E-state index is -0.254. The van der Waals surface area contributed by atoms with E-state index in [4.69, 9.17) is 4.74 Å². The van der Waals surface area contributed by atoms with Gasteiger partial charge in [0.1, 0.15) is 12.5 Å². The van der Waals surface area contributed by atoms with Gasteiger partial charge in [-0.3, -0.25) is 4.79 Å². The second-order valence-corrected chi connectivity index (χ2v) is 3.42. The molecule has 6 heteroatoms. The summed E-state index contributed by atoms with van der Waals surface area (Å²) in [6.45, 7) is 0. The highest BCUT2D eigenvalue weighted by atomic mass is 16.5. The number of aromatic nitrogens is 4. The quantitative estimate of drug-likeness (QED) is 0.700. The van der Waals surface area contributed by atoms with Crippen molar-refractivity contribution in [1.82, 2.24) is 20.6 Å². The summed E-state index contributed by atoms with van der Waals surface area (Å²) < 4.78 is 5.23. The molecule has 0 bridgehead atoms. The molecule has 0 saturated heterocycles. The van der Waals surface area contributed by atoms with E-state index in [1.54, 1.807) is 0 Å². The summed E-state index contributed by atoms with van der Waals surface area (Å²) >= 11 is 0. The maximum Gasteiger partial charge on any atom is 0.313 e. The van der Waals surface area contributed by atoms with Crippen LogP contribution in [0.2, 0.25) is 0 Å². The Morgan fingerprint density at radius 3 is 2.93 bits per heavy atom. The lowest BCUT2D eigenvalue weighted by molar-refractivity contribution is -0.148. The van der Waals surface area contributed by atoms with Crippen molar-refractivity contribution >= 4 is 5.97 Å². The van der Waals surface area contributed by atoms with Gasteiger partial charge in [-0.25, -0.2) is 5.10 Å². The zero-order chi connectivity index (χ0) is 9.80. The molecule has 1 saturated carbocycles. The number of carbonyl (C=O) groups excluding carboxylic acids is 1. The predicted octanol–water partition coefficient (Wildman–Crippen LogP) is 0.228. The van der Waals surface area contributed by atoms with Crippen LogP contribution >= 0.6 is 0 Å². The normalized spacial score (nSPS) is 17.1. The Bertz CT molecular complexity index is 292. The van der Waals surface area contributed by atoms with E-state index in [0.29, 0.717) is 5.82 Å². The molecule has 1 fully saturated rings. The van der Waals surface area contributed by atoms with Crippen LogP contribution < -0.4 is 0 Å². The third kappa shape index (κ3) is 2.27. The van der Waals surface area contributed by atoms with Crippen molar-refractivity contribution in [2.75, 3.05) is 0 Å². The van der Waals surface area contributed by atoms with Crippen molar-refractivity contribution in [3.8, 4) is 0 Å². The molecule has 6 nitrogen and oxygen atoms in total. The molecular weight excluding hydrogens is 184 g/mol. The Morgan fingerprint density at radius 2 is 2.29 bits per heavy atom. The molecule has 0 aromatic carbocycles. The smallest absolute Gasteiger partial charge is 0.313 e. The Balaban J connectivity index is 1.78. The van der Waals surface area contributed by atoms with Gasteiger partial charge in [0.25, 0.3) is 0 Å². The molecule has 0 aliphatic heterocycles. The number of nitrogens with zero attached hydrogens (tertiary/aromatic N) is 3. The monoisotopic (exact) mass is 196 g/mol. The first kappa shape index (κ1) is 9.11. The number of esters is 1. The van der Waals surface area contributed by atoms with Crippen LogP contribution in [-0.4, -0.2) is 32.7 Å². The lowest BCUT2D eigenvalue weighted by Gasteiger charge is -2.09. The standard InChI is InChI=1S/C8H12N4O2/c13-8(5-7-9-11-12-10-7)14-6-3-1-2-4-6/h6H,1-5H2,(H,9,10,11,12). The number of ether oxygens (including phenoxy) is 1. The van der Waals surface area contributed by atoms with E-state index in [-0.39, 0.29) is 18.5 Å². The van der Waals surface area contributed by atoms with Gasteiger partial charge in [-0.2, -0.15) is 0 Å². The number of hydrogen-bond acceptors (Lipinski definition) is 5. The topological polar surface area (TPSA) is 80.8 Å². The van der Waals surface area contributed by atoms with Gasteiger partial charge in [-0.05, 0) is 36.1 Å². The van der Waals surface area contributed by atoms with Crippen LogP contribution in [0.25, 0.3) is 0 Å². The molecule has 0 unspecified atom stereocenters. The van der Waals surface area contributed by atoms with Crippen LogP contribution in [0.15, 0.2) is 0 Å². The van der Waals surface area contributed by atoms with E-state index in [1.807, 2.05) is 0 Å². The fourth-order valence-corrected chi connectivity index (χ4v) is 1.62. The summed E-state index contributed by atoms with van der Waals surface area (Å²) in [5.74, 6) is 0.198. The largest absolute Gasteiger partial charge is 0.462 e. The van der Waals surface area contributed by atoms with E-state index in [2.05, 4.69) is 20.6 Å². The van der Waals surface area contributed by atoms with Crippen molar-refractivity contribution in [2.24, 2.45) is 0 Å². The average Bonchev–Trinajstić information content (AvgIpc) is 2.76. The highest BCUT2D eigenvalue weighted by molar-refractivity contribution is 5.71. The van der Waals surface area contributed by atoms with E-state index in [9.17, 15) is 4.79 Å². The molecule has 1 aliphatic rings. The molecule has 0 spiro atoms. The number of carbonyl (C=O) groups is 1. The van der Waals surface area contributed by atoms with Crippen molar-refractivity contribution in [1.29, 1.82) is 0 Å². The molecule has 76 valence electrons. The van der Waals surface area contributed by atoms with Crippen LogP contribution in [0, 0.1) is 0 Å². The second-order valence-electron chi connectivity index (χ2n) is 3.42. The Labute approximate surface area is 81.0 Å². The highest BCUT2D eigenvalue weighted by Gasteiger charge is 2.19. The van der Waals surface area contributed by atoms with Crippen LogP contribution in [-0.2, 0) is 16.0 Å². The van der Waals surface area contributed by atoms with Gasteiger partial charge in [-0.15, -0.1) is 5.10 Å². The molecule has 0 atom stereocenters. The zero-order valence-electron chi connectivity index (χ0n) is 7.77. The van der Waals surface area contributed by atoms with Crippen molar-refractivity contribution < 1.29 is 9.53 Å². The average molecular weight is 196 g/mol. The van der Waals surface area contributed by atoms with Gasteiger partial charge in [0.2, 0.25) is 0 Å². The molecule has 1 aromatic heterocycles. The van der Waals surface area contributed by atoms with Gasteiger partial charge in [-0.1, -0.05) is 0 Å². The molecule has 0 radical (unpaired) electrons. The Kier molecular flexibility index (Phi) is 2.71. The zero-order valence-corrected chi connectivity index (χ0v) is 7.77. The van der Waals surface area contributed by atoms with Crippen LogP contribution in [0.3, 0.4) is 0 Å². The SMILES string of the molecule is O=C(Cc1nnn[nH]1)OC1CCCC1. The Hall–Kier alpha value is -1.46. The minimum absolute atomic E-state index is 0.110. The summed E-state index contributed by atoms with van der Waals surface area (Å²) in [4.78, 5) is 11.3. The number of aromatic amines is 1. The number of hydrogen-bond donors (Lipinski definition) is 1. The third-order valence-electron chi connectivity index (χ3n) is 2.30. The molecule has 14 heavy (non-hydrogen) atoms. The number of H-pyrrole nitrogens is 1. The lowest BCUT2D eigenvalue weighted by atomic mass is 10.3. The maximum atomic E-state index is 11.3. The third-order valence-corrected chi connectivity index (χ3v) is 2.30. The summed E-state index contributed by atoms with van der Waals surface area (Å²) in [5, 5.41) is 12.9. The summed E-state index contributed by atoms with van der Waals surface area (Å²) in [7, 11) is 0. The van der Waals surface area contributed by atoms with Gasteiger partial charge >= 0.3 is 5.97 Å². The first-order valence-electron chi connectivity index (χ1n) is 4.76. The summed E-state index contributed by atoms with van der Waals surface area (Å²) in [5.41, 5.74) is 0. The van der Waals surface area contributed by atoms with Gasteiger partial charge in [0, 0.05) is 0 Å². The van der Waals surface area contributed by atoms with Crippen LogP contribution in [0.5, 0.6) is 0 Å². The molecule has 1 aromatic rings. The highest BCUT2D eigenvalue weighted by Crippen LogP contribution is 2.21. The maximum absolute atomic E-state index is 11.3. The van der Waals surface area contributed by atoms with Crippen LogP contribution in [0.1, 0.15) is 31.5 Å². The molecule has 1 N–H and O–H groups in total. The minimum Gasteiger partial charge on any atom is -0.462 e. The number of rotatable bonds is 3. The fraction of sp³-hybridized carbons (Fsp3) is 0.750. The summed E-state index contributed by atoms with van der Waals surface area (Å²) in [6.07, 6.45) is 4.52. The molecule has 0 amide bonds. The number of nitrogens with one attached hydrogen (secondary N) is 1. The molecule has 2 rings (SSSR count). The van der Waals surface area contributed by atoms with Gasteiger partial charge in [0.15, 0.2) is 5.82 Å². The van der Waals surface area contributed by atoms with E-state index in [0.717, 1.165) is 25.7 Å². The first-order valence-corrected chi connectivity index (χ1v) is 4.76. The van der Waals surface area contributed by atoms with E-state index < -0.39 is 0 Å². The molecular formula is C8H12N4O2. The lowest BCUT2D eigenvalue weighted by Crippen LogP contribution is -2.17. The van der Waals surface area contributed by atoms with Gasteiger partial charge < -0.3 is 4.74 Å². The van der Waals surface area contributed by atoms with Crippen LogP contribution in [0.4, 0.5) is 0 Å². The van der Waals surface area contributed by atoms with E-state index in [1.165, 1.54) is 0 Å².